The highest BCUT2D eigenvalue weighted by Gasteiger charge is 2.20. The van der Waals surface area contributed by atoms with Crippen molar-refractivity contribution in [3.63, 3.8) is 0 Å². The van der Waals surface area contributed by atoms with E-state index >= 15 is 0 Å². The van der Waals surface area contributed by atoms with Crippen LogP contribution in [0.3, 0.4) is 0 Å². The van der Waals surface area contributed by atoms with Gasteiger partial charge in [-0.15, -0.1) is 6.58 Å². The first-order chi connectivity index (χ1) is 12.0. The van der Waals surface area contributed by atoms with Crippen molar-refractivity contribution >= 4 is 5.97 Å². The quantitative estimate of drug-likeness (QED) is 0.428. The van der Waals surface area contributed by atoms with Crippen LogP contribution in [0.1, 0.15) is 20.8 Å². The molecule has 0 aliphatic carbocycles. The average molecular weight is 347 g/mol. The van der Waals surface area contributed by atoms with E-state index in [1.54, 1.807) is 6.08 Å². The average Bonchev–Trinajstić information content (AvgIpc) is 2.57. The molecule has 0 bridgehead atoms. The minimum Gasteiger partial charge on any atom is -0.486 e. The van der Waals surface area contributed by atoms with Crippen LogP contribution in [0.4, 0.5) is 0 Å². The zero-order valence-electron chi connectivity index (χ0n) is 15.4. The van der Waals surface area contributed by atoms with Crippen LogP contribution in [0.2, 0.25) is 0 Å². The van der Waals surface area contributed by atoms with Crippen LogP contribution in [0.5, 0.6) is 11.5 Å². The van der Waals surface area contributed by atoms with Gasteiger partial charge >= 0.3 is 5.97 Å². The lowest BCUT2D eigenvalue weighted by atomic mass is 10.2. The number of esters is 1. The fourth-order valence-electron chi connectivity index (χ4n) is 2.30. The van der Waals surface area contributed by atoms with Gasteiger partial charge in [0.15, 0.2) is 11.5 Å². The molecule has 1 atom stereocenters. The van der Waals surface area contributed by atoms with E-state index in [1.807, 2.05) is 30.3 Å². The lowest BCUT2D eigenvalue weighted by Gasteiger charge is -2.29. The Labute approximate surface area is 150 Å². The van der Waals surface area contributed by atoms with E-state index in [-0.39, 0.29) is 18.7 Å². The van der Waals surface area contributed by atoms with Crippen LogP contribution in [0, 0.1) is 0 Å². The number of nitrogens with zero attached hydrogens (tertiary/aromatic N) is 1. The molecule has 0 saturated heterocycles. The van der Waals surface area contributed by atoms with Crippen molar-refractivity contribution in [1.29, 1.82) is 0 Å². The van der Waals surface area contributed by atoms with Gasteiger partial charge in [-0.3, -0.25) is 9.69 Å². The van der Waals surface area contributed by atoms with Crippen molar-refractivity contribution in [2.75, 3.05) is 26.3 Å². The highest BCUT2D eigenvalue weighted by molar-refractivity contribution is 5.66. The molecule has 1 unspecified atom stereocenters. The third-order valence-corrected chi connectivity index (χ3v) is 3.50. The van der Waals surface area contributed by atoms with E-state index < -0.39 is 0 Å². The molecule has 1 aromatic carbocycles. The number of ether oxygens (including phenoxy) is 3. The molecule has 138 valence electrons. The van der Waals surface area contributed by atoms with Crippen LogP contribution in [-0.4, -0.2) is 49.3 Å². The summed E-state index contributed by atoms with van der Waals surface area (Å²) in [6.07, 6.45) is 3.13. The first kappa shape index (κ1) is 20.8. The first-order valence-corrected chi connectivity index (χ1v) is 8.45. The molecule has 0 fully saturated rings. The molecule has 0 saturated carbocycles. The van der Waals surface area contributed by atoms with Gasteiger partial charge in [0.05, 0.1) is 0 Å². The van der Waals surface area contributed by atoms with Gasteiger partial charge in [0.2, 0.25) is 0 Å². The summed E-state index contributed by atoms with van der Waals surface area (Å²) < 4.78 is 16.9. The standard InChI is InChI=1S/C20H29NO4/c1-6-12-21(16(3)4)14-18(25-17(5)22)15-24-20-11-9-8-10-19(20)23-13-7-2/h6-11,16,18H,1-2,12-15H2,3-5H3. The van der Waals surface area contributed by atoms with Crippen molar-refractivity contribution in [2.24, 2.45) is 0 Å². The second-order valence-corrected chi connectivity index (χ2v) is 5.93. The summed E-state index contributed by atoms with van der Waals surface area (Å²) in [5.74, 6) is 0.921. The number of carbonyl (C=O) groups is 1. The van der Waals surface area contributed by atoms with Gasteiger partial charge in [0.1, 0.15) is 19.3 Å². The third kappa shape index (κ3) is 7.90. The molecule has 0 amide bonds. The fraction of sp³-hybridized carbons (Fsp3) is 0.450. The number of benzene rings is 1. The summed E-state index contributed by atoms with van der Waals surface area (Å²) in [6.45, 7) is 14.9. The maximum atomic E-state index is 11.4. The summed E-state index contributed by atoms with van der Waals surface area (Å²) in [5.41, 5.74) is 0. The third-order valence-electron chi connectivity index (χ3n) is 3.50. The van der Waals surface area contributed by atoms with Gasteiger partial charge in [-0.05, 0) is 26.0 Å². The Morgan fingerprint density at radius 1 is 1.16 bits per heavy atom. The molecule has 0 radical (unpaired) electrons. The van der Waals surface area contributed by atoms with E-state index in [1.165, 1.54) is 6.92 Å². The Hall–Kier alpha value is -2.27. The topological polar surface area (TPSA) is 48.0 Å². The molecule has 5 heteroatoms. The maximum Gasteiger partial charge on any atom is 0.303 e. The largest absolute Gasteiger partial charge is 0.486 e. The number of hydrogen-bond donors (Lipinski definition) is 0. The van der Waals surface area contributed by atoms with Crippen LogP contribution in [0.25, 0.3) is 0 Å². The van der Waals surface area contributed by atoms with E-state index in [0.29, 0.717) is 37.2 Å². The van der Waals surface area contributed by atoms with Crippen LogP contribution < -0.4 is 9.47 Å². The minimum atomic E-state index is -0.382. The molecule has 1 rings (SSSR count). The van der Waals surface area contributed by atoms with Gasteiger partial charge in [-0.2, -0.15) is 0 Å². The molecular formula is C20H29NO4. The second-order valence-electron chi connectivity index (χ2n) is 5.93. The SMILES string of the molecule is C=CCOc1ccccc1OCC(CN(CC=C)C(C)C)OC(C)=O. The zero-order chi connectivity index (χ0) is 18.7. The Morgan fingerprint density at radius 2 is 1.80 bits per heavy atom. The monoisotopic (exact) mass is 347 g/mol. The van der Waals surface area contributed by atoms with Gasteiger partial charge in [-0.25, -0.2) is 0 Å². The highest BCUT2D eigenvalue weighted by atomic mass is 16.6. The van der Waals surface area contributed by atoms with E-state index in [0.717, 1.165) is 0 Å². The predicted octanol–water partition coefficient (Wildman–Crippen LogP) is 3.46. The molecule has 25 heavy (non-hydrogen) atoms. The normalized spacial score (nSPS) is 11.9. The summed E-state index contributed by atoms with van der Waals surface area (Å²) in [4.78, 5) is 13.6. The molecule has 0 heterocycles. The van der Waals surface area contributed by atoms with Gasteiger partial charge in [-0.1, -0.05) is 30.9 Å². The van der Waals surface area contributed by atoms with Gasteiger partial charge in [0.25, 0.3) is 0 Å². The number of carbonyl (C=O) groups excluding carboxylic acids is 1. The smallest absolute Gasteiger partial charge is 0.303 e. The summed E-state index contributed by atoms with van der Waals surface area (Å²) >= 11 is 0. The van der Waals surface area contributed by atoms with Crippen LogP contribution in [0.15, 0.2) is 49.6 Å². The Kier molecular flexibility index (Phi) is 9.40. The molecule has 0 spiro atoms. The van der Waals surface area contributed by atoms with Gasteiger partial charge in [0, 0.05) is 26.1 Å². The summed E-state index contributed by atoms with van der Waals surface area (Å²) in [6, 6.07) is 7.71. The maximum absolute atomic E-state index is 11.4. The molecule has 0 N–H and O–H groups in total. The van der Waals surface area contributed by atoms with Crippen LogP contribution >= 0.6 is 0 Å². The van der Waals surface area contributed by atoms with Crippen molar-refractivity contribution in [3.05, 3.63) is 49.6 Å². The molecule has 1 aromatic rings. The minimum absolute atomic E-state index is 0.244. The molecule has 5 nitrogen and oxygen atoms in total. The lowest BCUT2D eigenvalue weighted by Crippen LogP contribution is -2.41. The van der Waals surface area contributed by atoms with Crippen LogP contribution in [-0.2, 0) is 9.53 Å². The molecule has 0 aliphatic rings. The molecule has 0 aliphatic heterocycles. The van der Waals surface area contributed by atoms with E-state index in [4.69, 9.17) is 14.2 Å². The Morgan fingerprint density at radius 3 is 2.32 bits per heavy atom. The van der Waals surface area contributed by atoms with Crippen molar-refractivity contribution in [3.8, 4) is 11.5 Å². The number of rotatable bonds is 12. The second kappa shape index (κ2) is 11.3. The molecular weight excluding hydrogens is 318 g/mol. The number of para-hydroxylation sites is 2. The van der Waals surface area contributed by atoms with Gasteiger partial charge < -0.3 is 14.2 Å². The molecule has 0 aromatic heterocycles. The highest BCUT2D eigenvalue weighted by Crippen LogP contribution is 2.26. The number of hydrogen-bond acceptors (Lipinski definition) is 5. The lowest BCUT2D eigenvalue weighted by molar-refractivity contribution is -0.149. The Balaban J connectivity index is 2.77. The van der Waals surface area contributed by atoms with E-state index in [2.05, 4.69) is 31.9 Å². The van der Waals surface area contributed by atoms with Crippen molar-refractivity contribution in [2.45, 2.75) is 32.9 Å². The fourth-order valence-corrected chi connectivity index (χ4v) is 2.30. The Bertz CT molecular complexity index is 556. The van der Waals surface area contributed by atoms with Crippen molar-refractivity contribution in [1.82, 2.24) is 4.90 Å². The van der Waals surface area contributed by atoms with Crippen molar-refractivity contribution < 1.29 is 19.0 Å². The zero-order valence-corrected chi connectivity index (χ0v) is 15.4. The summed E-state index contributed by atoms with van der Waals surface area (Å²) in [7, 11) is 0. The first-order valence-electron chi connectivity index (χ1n) is 8.45. The summed E-state index contributed by atoms with van der Waals surface area (Å²) in [5, 5.41) is 0. The predicted molar refractivity (Wildman–Crippen MR) is 100 cm³/mol. The van der Waals surface area contributed by atoms with E-state index in [9.17, 15) is 4.79 Å².